The monoisotopic (exact) mass is 373 g/mol. The Kier molecular flexibility index (Phi) is 7.31. The summed E-state index contributed by atoms with van der Waals surface area (Å²) in [7, 11) is 4.94. The van der Waals surface area contributed by atoms with E-state index in [0.717, 1.165) is 5.56 Å². The molecule has 0 saturated heterocycles. The van der Waals surface area contributed by atoms with Gasteiger partial charge in [-0.05, 0) is 36.9 Å². The van der Waals surface area contributed by atoms with Crippen molar-refractivity contribution in [1.82, 2.24) is 9.80 Å². The standard InChI is InChI=1S/C20H24FN3O3/c1-23(13-19(25)22-17-5-4-6-18(11-17)27-3)14-20(26)24(2)12-15-7-9-16(21)10-8-15/h4-11H,12-14H2,1-3H3,(H,22,25). The number of nitrogens with zero attached hydrogens (tertiary/aromatic N) is 2. The maximum absolute atomic E-state index is 12.9. The number of nitrogens with one attached hydrogen (secondary N) is 1. The van der Waals surface area contributed by atoms with Crippen molar-refractivity contribution in [3.05, 3.63) is 59.9 Å². The SMILES string of the molecule is COc1cccc(NC(=O)CN(C)CC(=O)N(C)Cc2ccc(F)cc2)c1. The summed E-state index contributed by atoms with van der Waals surface area (Å²) >= 11 is 0. The highest BCUT2D eigenvalue weighted by Crippen LogP contribution is 2.16. The molecule has 2 amide bonds. The quantitative estimate of drug-likeness (QED) is 0.772. The third-order valence-electron chi connectivity index (χ3n) is 3.93. The number of methoxy groups -OCH3 is 1. The molecule has 1 N–H and O–H groups in total. The molecular weight excluding hydrogens is 349 g/mol. The zero-order chi connectivity index (χ0) is 19.8. The van der Waals surface area contributed by atoms with E-state index in [2.05, 4.69) is 5.32 Å². The summed E-state index contributed by atoms with van der Waals surface area (Å²) in [5.41, 5.74) is 1.47. The van der Waals surface area contributed by atoms with E-state index in [1.807, 2.05) is 0 Å². The van der Waals surface area contributed by atoms with Crippen molar-refractivity contribution < 1.29 is 18.7 Å². The number of anilines is 1. The molecule has 0 heterocycles. The van der Waals surface area contributed by atoms with Gasteiger partial charge in [0, 0.05) is 25.3 Å². The van der Waals surface area contributed by atoms with Crippen molar-refractivity contribution in [2.45, 2.75) is 6.54 Å². The number of carbonyl (C=O) groups excluding carboxylic acids is 2. The Morgan fingerprint density at radius 1 is 1.07 bits per heavy atom. The molecule has 0 aliphatic carbocycles. The lowest BCUT2D eigenvalue weighted by molar-refractivity contribution is -0.131. The summed E-state index contributed by atoms with van der Waals surface area (Å²) in [5.74, 6) is -0.0102. The predicted octanol–water partition coefficient (Wildman–Crippen LogP) is 2.36. The van der Waals surface area contributed by atoms with E-state index in [9.17, 15) is 14.0 Å². The molecule has 0 aromatic heterocycles. The first-order chi connectivity index (χ1) is 12.9. The molecule has 0 aliphatic rings. The average molecular weight is 373 g/mol. The van der Waals surface area contributed by atoms with Gasteiger partial charge in [-0.15, -0.1) is 0 Å². The molecule has 7 heteroatoms. The van der Waals surface area contributed by atoms with Crippen LogP contribution in [0, 0.1) is 5.82 Å². The van der Waals surface area contributed by atoms with Crippen molar-refractivity contribution in [3.8, 4) is 5.75 Å². The molecule has 6 nitrogen and oxygen atoms in total. The third-order valence-corrected chi connectivity index (χ3v) is 3.93. The van der Waals surface area contributed by atoms with Crippen molar-refractivity contribution in [3.63, 3.8) is 0 Å². The number of rotatable bonds is 8. The Morgan fingerprint density at radius 3 is 2.44 bits per heavy atom. The van der Waals surface area contributed by atoms with Crippen molar-refractivity contribution >= 4 is 17.5 Å². The Labute approximate surface area is 158 Å². The summed E-state index contributed by atoms with van der Waals surface area (Å²) in [6.07, 6.45) is 0. The van der Waals surface area contributed by atoms with Crippen molar-refractivity contribution in [2.24, 2.45) is 0 Å². The number of amides is 2. The molecule has 0 unspecified atom stereocenters. The topological polar surface area (TPSA) is 61.9 Å². The van der Waals surface area contributed by atoms with Crippen LogP contribution in [0.15, 0.2) is 48.5 Å². The molecule has 0 aliphatic heterocycles. The van der Waals surface area contributed by atoms with E-state index >= 15 is 0 Å². The van der Waals surface area contributed by atoms with Crippen LogP contribution in [-0.4, -0.2) is 55.9 Å². The van der Waals surface area contributed by atoms with Gasteiger partial charge in [-0.3, -0.25) is 14.5 Å². The Bertz CT molecular complexity index is 780. The van der Waals surface area contributed by atoms with E-state index in [4.69, 9.17) is 4.74 Å². The van der Waals surface area contributed by atoms with E-state index < -0.39 is 0 Å². The van der Waals surface area contributed by atoms with Crippen molar-refractivity contribution in [1.29, 1.82) is 0 Å². The number of halogens is 1. The minimum atomic E-state index is -0.311. The van der Waals surface area contributed by atoms with Crippen LogP contribution in [0.2, 0.25) is 0 Å². The van der Waals surface area contributed by atoms with Gasteiger partial charge in [0.2, 0.25) is 11.8 Å². The second-order valence-corrected chi connectivity index (χ2v) is 6.33. The molecule has 0 saturated carbocycles. The largest absolute Gasteiger partial charge is 0.497 e. The van der Waals surface area contributed by atoms with Gasteiger partial charge in [0.1, 0.15) is 11.6 Å². The summed E-state index contributed by atoms with van der Waals surface area (Å²) in [5, 5.41) is 2.77. The number of likely N-dealkylation sites (N-methyl/N-ethyl adjacent to an activating group) is 2. The second kappa shape index (κ2) is 9.68. The molecule has 0 atom stereocenters. The van der Waals surface area contributed by atoms with Crippen LogP contribution in [0.25, 0.3) is 0 Å². The first-order valence-electron chi connectivity index (χ1n) is 8.48. The van der Waals surface area contributed by atoms with Crippen molar-refractivity contribution in [2.75, 3.05) is 39.6 Å². The van der Waals surface area contributed by atoms with Gasteiger partial charge in [-0.1, -0.05) is 18.2 Å². The highest BCUT2D eigenvalue weighted by Gasteiger charge is 2.15. The lowest BCUT2D eigenvalue weighted by atomic mass is 10.2. The number of benzene rings is 2. The first kappa shape index (κ1) is 20.4. The van der Waals surface area contributed by atoms with Crippen LogP contribution >= 0.6 is 0 Å². The normalized spacial score (nSPS) is 10.6. The zero-order valence-electron chi connectivity index (χ0n) is 15.7. The third kappa shape index (κ3) is 6.71. The van der Waals surface area contributed by atoms with Gasteiger partial charge in [0.05, 0.1) is 20.2 Å². The van der Waals surface area contributed by atoms with Crippen LogP contribution < -0.4 is 10.1 Å². The highest BCUT2D eigenvalue weighted by atomic mass is 19.1. The highest BCUT2D eigenvalue weighted by molar-refractivity contribution is 5.92. The van der Waals surface area contributed by atoms with E-state index in [-0.39, 0.29) is 30.7 Å². The maximum Gasteiger partial charge on any atom is 0.238 e. The summed E-state index contributed by atoms with van der Waals surface area (Å²) < 4.78 is 18.1. The maximum atomic E-state index is 12.9. The molecule has 0 radical (unpaired) electrons. The molecule has 144 valence electrons. The second-order valence-electron chi connectivity index (χ2n) is 6.33. The smallest absolute Gasteiger partial charge is 0.238 e. The Morgan fingerprint density at radius 2 is 1.78 bits per heavy atom. The van der Waals surface area contributed by atoms with Crippen LogP contribution in [0.3, 0.4) is 0 Å². The summed E-state index contributed by atoms with van der Waals surface area (Å²) in [4.78, 5) is 27.6. The fraction of sp³-hybridized carbons (Fsp3) is 0.300. The lowest BCUT2D eigenvalue weighted by Gasteiger charge is -2.21. The predicted molar refractivity (Wildman–Crippen MR) is 102 cm³/mol. The summed E-state index contributed by atoms with van der Waals surface area (Å²) in [6.45, 7) is 0.555. The van der Waals surface area contributed by atoms with Crippen LogP contribution in [0.4, 0.5) is 10.1 Å². The molecule has 27 heavy (non-hydrogen) atoms. The summed E-state index contributed by atoms with van der Waals surface area (Å²) in [6, 6.07) is 13.1. The average Bonchev–Trinajstić information content (AvgIpc) is 2.63. The fourth-order valence-electron chi connectivity index (χ4n) is 2.51. The Balaban J connectivity index is 1.80. The number of hydrogen-bond donors (Lipinski definition) is 1. The van der Waals surface area contributed by atoms with Gasteiger partial charge in [0.25, 0.3) is 0 Å². The van der Waals surface area contributed by atoms with Gasteiger partial charge in [0.15, 0.2) is 0 Å². The lowest BCUT2D eigenvalue weighted by Crippen LogP contribution is -2.39. The molecule has 2 aromatic rings. The molecule has 2 aromatic carbocycles. The number of carbonyl (C=O) groups is 2. The van der Waals surface area contributed by atoms with Crippen LogP contribution in [0.5, 0.6) is 5.75 Å². The van der Waals surface area contributed by atoms with Gasteiger partial charge < -0.3 is 15.0 Å². The zero-order valence-corrected chi connectivity index (χ0v) is 15.7. The number of ether oxygens (including phenoxy) is 1. The fourth-order valence-corrected chi connectivity index (χ4v) is 2.51. The molecule has 2 rings (SSSR count). The minimum absolute atomic E-state index is 0.0767. The van der Waals surface area contributed by atoms with Gasteiger partial charge in [-0.25, -0.2) is 4.39 Å². The van der Waals surface area contributed by atoms with E-state index in [0.29, 0.717) is 18.0 Å². The Hall–Kier alpha value is -2.93. The molecule has 0 fully saturated rings. The first-order valence-corrected chi connectivity index (χ1v) is 8.48. The number of hydrogen-bond acceptors (Lipinski definition) is 4. The molecule has 0 spiro atoms. The molecular formula is C20H24FN3O3. The van der Waals surface area contributed by atoms with Gasteiger partial charge in [-0.2, -0.15) is 0 Å². The van der Waals surface area contributed by atoms with Crippen LogP contribution in [-0.2, 0) is 16.1 Å². The van der Waals surface area contributed by atoms with Crippen LogP contribution in [0.1, 0.15) is 5.56 Å². The van der Waals surface area contributed by atoms with Gasteiger partial charge >= 0.3 is 0 Å². The van der Waals surface area contributed by atoms with E-state index in [1.54, 1.807) is 67.4 Å². The minimum Gasteiger partial charge on any atom is -0.497 e. The molecule has 0 bridgehead atoms. The van der Waals surface area contributed by atoms with E-state index in [1.165, 1.54) is 12.1 Å².